The standard InChI is InChI=1S/C29H33NO4/c1-30(21-29(31)32)20-19-28(24-9-3-2-4-10-24)34-27-17-15-26(16-18-27)33-25-13-11-23(12-14-25)22-7-5-6-8-22/h2-4,9-18,22,28H,5-8,19-21H2,1H3,(H,31,32). The summed E-state index contributed by atoms with van der Waals surface area (Å²) in [7, 11) is 1.81. The first-order valence-corrected chi connectivity index (χ1v) is 12.1. The molecule has 178 valence electrons. The van der Waals surface area contributed by atoms with Crippen molar-refractivity contribution in [1.29, 1.82) is 0 Å². The minimum atomic E-state index is -0.830. The molecular weight excluding hydrogens is 426 g/mol. The Morgan fingerprint density at radius 2 is 1.50 bits per heavy atom. The molecule has 0 amide bonds. The molecule has 1 saturated carbocycles. The molecule has 5 nitrogen and oxygen atoms in total. The highest BCUT2D eigenvalue weighted by Crippen LogP contribution is 2.35. The van der Waals surface area contributed by atoms with E-state index >= 15 is 0 Å². The molecule has 0 spiro atoms. The largest absolute Gasteiger partial charge is 0.486 e. The Hall–Kier alpha value is -3.31. The van der Waals surface area contributed by atoms with Crippen molar-refractivity contribution < 1.29 is 19.4 Å². The van der Waals surface area contributed by atoms with Crippen molar-refractivity contribution >= 4 is 5.97 Å². The number of hydrogen-bond acceptors (Lipinski definition) is 4. The predicted molar refractivity (Wildman–Crippen MR) is 134 cm³/mol. The van der Waals surface area contributed by atoms with E-state index in [1.54, 1.807) is 4.90 Å². The van der Waals surface area contributed by atoms with Crippen molar-refractivity contribution in [2.45, 2.75) is 44.1 Å². The highest BCUT2D eigenvalue weighted by molar-refractivity contribution is 5.69. The van der Waals surface area contributed by atoms with Crippen LogP contribution in [0.1, 0.15) is 55.3 Å². The number of aliphatic carboxylic acids is 1. The summed E-state index contributed by atoms with van der Waals surface area (Å²) in [6, 6.07) is 26.2. The van der Waals surface area contributed by atoms with E-state index in [4.69, 9.17) is 14.6 Å². The Morgan fingerprint density at radius 3 is 2.12 bits per heavy atom. The number of nitrogens with zero attached hydrogens (tertiary/aromatic N) is 1. The molecule has 3 aromatic carbocycles. The second-order valence-electron chi connectivity index (χ2n) is 9.06. The van der Waals surface area contributed by atoms with E-state index in [1.165, 1.54) is 31.2 Å². The average molecular weight is 460 g/mol. The molecule has 5 heteroatoms. The zero-order valence-electron chi connectivity index (χ0n) is 19.7. The molecule has 1 fully saturated rings. The molecule has 0 radical (unpaired) electrons. The van der Waals surface area contributed by atoms with Crippen LogP contribution in [-0.2, 0) is 4.79 Å². The summed E-state index contributed by atoms with van der Waals surface area (Å²) in [5.74, 6) is 2.21. The molecule has 0 aromatic heterocycles. The van der Waals surface area contributed by atoms with Crippen molar-refractivity contribution in [3.8, 4) is 17.2 Å². The molecule has 1 aliphatic carbocycles. The summed E-state index contributed by atoms with van der Waals surface area (Å²) >= 11 is 0. The molecule has 0 heterocycles. The summed E-state index contributed by atoms with van der Waals surface area (Å²) in [4.78, 5) is 12.8. The molecule has 0 saturated heterocycles. The first-order valence-electron chi connectivity index (χ1n) is 12.1. The van der Waals surface area contributed by atoms with E-state index in [-0.39, 0.29) is 12.6 Å². The summed E-state index contributed by atoms with van der Waals surface area (Å²) in [6.45, 7) is 0.624. The van der Waals surface area contributed by atoms with Gasteiger partial charge in [-0.15, -0.1) is 0 Å². The molecule has 1 unspecified atom stereocenters. The SMILES string of the molecule is CN(CCC(Oc1ccc(Oc2ccc(C3CCCC3)cc2)cc1)c1ccccc1)CC(=O)O. The van der Waals surface area contributed by atoms with Crippen LogP contribution in [0.3, 0.4) is 0 Å². The van der Waals surface area contributed by atoms with E-state index in [0.717, 1.165) is 22.8 Å². The van der Waals surface area contributed by atoms with Gasteiger partial charge in [0.15, 0.2) is 0 Å². The van der Waals surface area contributed by atoms with Crippen LogP contribution < -0.4 is 9.47 Å². The highest BCUT2D eigenvalue weighted by Gasteiger charge is 2.17. The number of carboxylic acid groups (broad SMARTS) is 1. The lowest BCUT2D eigenvalue weighted by molar-refractivity contribution is -0.138. The van der Waals surface area contributed by atoms with E-state index in [1.807, 2.05) is 61.6 Å². The monoisotopic (exact) mass is 459 g/mol. The maximum Gasteiger partial charge on any atom is 0.317 e. The number of benzene rings is 3. The fourth-order valence-corrected chi connectivity index (χ4v) is 4.56. The van der Waals surface area contributed by atoms with Crippen LogP contribution in [0.2, 0.25) is 0 Å². The van der Waals surface area contributed by atoms with E-state index in [9.17, 15) is 4.79 Å². The van der Waals surface area contributed by atoms with Crippen LogP contribution in [0.25, 0.3) is 0 Å². The van der Waals surface area contributed by atoms with Crippen LogP contribution in [-0.4, -0.2) is 36.1 Å². The fourth-order valence-electron chi connectivity index (χ4n) is 4.56. The maximum absolute atomic E-state index is 11.0. The average Bonchev–Trinajstić information content (AvgIpc) is 3.38. The van der Waals surface area contributed by atoms with Crippen molar-refractivity contribution in [2.24, 2.45) is 0 Å². The number of hydrogen-bond donors (Lipinski definition) is 1. The first-order chi connectivity index (χ1) is 16.6. The topological polar surface area (TPSA) is 59.0 Å². The van der Waals surface area contributed by atoms with Crippen LogP contribution in [0, 0.1) is 0 Å². The summed E-state index contributed by atoms with van der Waals surface area (Å²) in [6.07, 6.45) is 5.76. The van der Waals surface area contributed by atoms with Gasteiger partial charge in [0, 0.05) is 13.0 Å². The Kier molecular flexibility index (Phi) is 8.21. The van der Waals surface area contributed by atoms with Gasteiger partial charge in [-0.3, -0.25) is 9.69 Å². The normalized spacial score (nSPS) is 14.8. The molecule has 1 aliphatic rings. The van der Waals surface area contributed by atoms with Crippen molar-refractivity contribution in [3.63, 3.8) is 0 Å². The Labute approximate surface area is 201 Å². The molecule has 0 aliphatic heterocycles. The molecule has 3 aromatic rings. The van der Waals surface area contributed by atoms with Gasteiger partial charge in [0.25, 0.3) is 0 Å². The van der Waals surface area contributed by atoms with Gasteiger partial charge >= 0.3 is 5.97 Å². The molecule has 1 atom stereocenters. The summed E-state index contributed by atoms with van der Waals surface area (Å²) < 4.78 is 12.3. The molecular formula is C29H33NO4. The van der Waals surface area contributed by atoms with Gasteiger partial charge in [-0.05, 0) is 73.3 Å². The number of ether oxygens (including phenoxy) is 2. The van der Waals surface area contributed by atoms with Crippen molar-refractivity contribution in [1.82, 2.24) is 4.90 Å². The van der Waals surface area contributed by atoms with Gasteiger partial charge in [0.05, 0.1) is 6.54 Å². The second-order valence-corrected chi connectivity index (χ2v) is 9.06. The zero-order valence-corrected chi connectivity index (χ0v) is 19.7. The lowest BCUT2D eigenvalue weighted by Crippen LogP contribution is -2.28. The van der Waals surface area contributed by atoms with E-state index < -0.39 is 5.97 Å². The Balaban J connectivity index is 1.37. The van der Waals surface area contributed by atoms with E-state index in [2.05, 4.69) is 24.3 Å². The maximum atomic E-state index is 11.0. The van der Waals surface area contributed by atoms with Crippen molar-refractivity contribution in [3.05, 3.63) is 90.0 Å². The predicted octanol–water partition coefficient (Wildman–Crippen LogP) is 6.66. The Bertz CT molecular complexity index is 1030. The van der Waals surface area contributed by atoms with Gasteiger partial charge in [0.2, 0.25) is 0 Å². The van der Waals surface area contributed by atoms with Crippen LogP contribution >= 0.6 is 0 Å². The van der Waals surface area contributed by atoms with Crippen LogP contribution in [0.5, 0.6) is 17.2 Å². The summed E-state index contributed by atoms with van der Waals surface area (Å²) in [5, 5.41) is 9.01. The smallest absolute Gasteiger partial charge is 0.317 e. The van der Waals surface area contributed by atoms with Gasteiger partial charge in [-0.25, -0.2) is 0 Å². The number of rotatable bonds is 11. The molecule has 1 N–H and O–H groups in total. The van der Waals surface area contributed by atoms with E-state index in [0.29, 0.717) is 18.9 Å². The van der Waals surface area contributed by atoms with Gasteiger partial charge in [-0.1, -0.05) is 55.3 Å². The zero-order chi connectivity index (χ0) is 23.8. The number of likely N-dealkylation sites (N-methyl/N-ethyl adjacent to an activating group) is 1. The third kappa shape index (κ3) is 6.84. The first kappa shape index (κ1) is 23.8. The lowest BCUT2D eigenvalue weighted by Gasteiger charge is -2.22. The Morgan fingerprint density at radius 1 is 0.912 bits per heavy atom. The van der Waals surface area contributed by atoms with Gasteiger partial charge in [-0.2, -0.15) is 0 Å². The molecule has 0 bridgehead atoms. The summed E-state index contributed by atoms with van der Waals surface area (Å²) in [5.41, 5.74) is 2.48. The highest BCUT2D eigenvalue weighted by atomic mass is 16.5. The molecule has 4 rings (SSSR count). The fraction of sp³-hybridized carbons (Fsp3) is 0.345. The van der Waals surface area contributed by atoms with Gasteiger partial charge in [0.1, 0.15) is 23.4 Å². The number of carboxylic acids is 1. The minimum absolute atomic E-state index is 0.00911. The lowest BCUT2D eigenvalue weighted by atomic mass is 9.98. The third-order valence-corrected chi connectivity index (χ3v) is 6.39. The van der Waals surface area contributed by atoms with Crippen molar-refractivity contribution in [2.75, 3.05) is 20.1 Å². The molecule has 34 heavy (non-hydrogen) atoms. The second kappa shape index (κ2) is 11.7. The quantitative estimate of drug-likeness (QED) is 0.347. The van der Waals surface area contributed by atoms with Crippen LogP contribution in [0.4, 0.5) is 0 Å². The van der Waals surface area contributed by atoms with Gasteiger partial charge < -0.3 is 14.6 Å². The minimum Gasteiger partial charge on any atom is -0.486 e. The van der Waals surface area contributed by atoms with Crippen LogP contribution in [0.15, 0.2) is 78.9 Å². The number of carbonyl (C=O) groups is 1. The third-order valence-electron chi connectivity index (χ3n) is 6.39.